The van der Waals surface area contributed by atoms with Crippen LogP contribution in [0, 0.1) is 0 Å². The summed E-state index contributed by atoms with van der Waals surface area (Å²) < 4.78 is 46.0. The van der Waals surface area contributed by atoms with Crippen LogP contribution < -0.4 is 9.74 Å². The van der Waals surface area contributed by atoms with Gasteiger partial charge in [-0.3, -0.25) is 4.90 Å². The van der Waals surface area contributed by atoms with E-state index >= 15 is 0 Å². The highest BCUT2D eigenvalue weighted by molar-refractivity contribution is 5.68. The zero-order valence-electron chi connectivity index (χ0n) is 17.8. The molecule has 1 aromatic heterocycles. The standard InChI is InChI=1S/C21H25F3N4O5/c22-21(23,24)16-1-2-17(26-9-11-32-12-10-26)15(13-16)14-25-5-7-27(8-6-25)20(31)33-28-18(29)3-4-19(28)30/h1-4,13,29-30H,5-12,14H2. The topological polar surface area (TPSA) is 90.6 Å². The van der Waals surface area contributed by atoms with Crippen LogP contribution in [0.25, 0.3) is 0 Å². The number of morpholine rings is 1. The monoisotopic (exact) mass is 470 g/mol. The zero-order chi connectivity index (χ0) is 23.6. The molecule has 2 saturated heterocycles. The molecule has 0 aliphatic carbocycles. The van der Waals surface area contributed by atoms with Gasteiger partial charge in [-0.25, -0.2) is 4.79 Å². The number of aromatic hydroxyl groups is 2. The SMILES string of the molecule is O=C(On1c(O)ccc1O)N1CCN(Cc2cc(C(F)(F)F)ccc2N2CCOCC2)CC1. The van der Waals surface area contributed by atoms with Gasteiger partial charge in [0.05, 0.1) is 18.8 Å². The lowest BCUT2D eigenvalue weighted by atomic mass is 10.1. The van der Waals surface area contributed by atoms with E-state index in [0.29, 0.717) is 56.2 Å². The molecule has 0 saturated carbocycles. The number of alkyl halides is 3. The summed E-state index contributed by atoms with van der Waals surface area (Å²) >= 11 is 0. The molecule has 0 radical (unpaired) electrons. The third-order valence-corrected chi connectivity index (χ3v) is 5.75. The van der Waals surface area contributed by atoms with Crippen molar-refractivity contribution in [1.82, 2.24) is 14.5 Å². The van der Waals surface area contributed by atoms with E-state index in [0.717, 1.165) is 11.8 Å². The molecule has 12 heteroatoms. The number of amides is 1. The van der Waals surface area contributed by atoms with Crippen LogP contribution in [0.2, 0.25) is 0 Å². The highest BCUT2D eigenvalue weighted by Crippen LogP contribution is 2.34. The molecule has 2 fully saturated rings. The lowest BCUT2D eigenvalue weighted by Gasteiger charge is -2.36. The Hall–Kier alpha value is -3.12. The van der Waals surface area contributed by atoms with Crippen LogP contribution in [0.4, 0.5) is 23.7 Å². The molecular formula is C21H25F3N4O5. The van der Waals surface area contributed by atoms with E-state index in [-0.39, 0.29) is 13.1 Å². The Kier molecular flexibility index (Phi) is 6.56. The molecule has 0 atom stereocenters. The van der Waals surface area contributed by atoms with Gasteiger partial charge in [-0.2, -0.15) is 13.2 Å². The number of rotatable bonds is 4. The van der Waals surface area contributed by atoms with E-state index in [2.05, 4.69) is 0 Å². The number of piperazine rings is 1. The van der Waals surface area contributed by atoms with Crippen molar-refractivity contribution >= 4 is 11.8 Å². The summed E-state index contributed by atoms with van der Waals surface area (Å²) in [5, 5.41) is 19.2. The van der Waals surface area contributed by atoms with Crippen molar-refractivity contribution in [2.75, 3.05) is 57.4 Å². The molecule has 3 heterocycles. The maximum Gasteiger partial charge on any atom is 0.434 e. The summed E-state index contributed by atoms with van der Waals surface area (Å²) in [6, 6.07) is 6.19. The second-order valence-electron chi connectivity index (χ2n) is 7.91. The highest BCUT2D eigenvalue weighted by atomic mass is 19.4. The number of hydrogen-bond donors (Lipinski definition) is 2. The fourth-order valence-electron chi connectivity index (χ4n) is 3.96. The Morgan fingerprint density at radius 2 is 1.61 bits per heavy atom. The fourth-order valence-corrected chi connectivity index (χ4v) is 3.96. The normalized spacial score (nSPS) is 17.9. The highest BCUT2D eigenvalue weighted by Gasteiger charge is 2.32. The van der Waals surface area contributed by atoms with Crippen molar-refractivity contribution in [3.05, 3.63) is 41.5 Å². The second kappa shape index (κ2) is 9.40. The minimum atomic E-state index is -4.43. The van der Waals surface area contributed by atoms with E-state index in [1.54, 1.807) is 0 Å². The van der Waals surface area contributed by atoms with Crippen molar-refractivity contribution in [3.8, 4) is 11.8 Å². The van der Waals surface area contributed by atoms with Gasteiger partial charge in [0.15, 0.2) is 0 Å². The lowest BCUT2D eigenvalue weighted by Crippen LogP contribution is -2.50. The van der Waals surface area contributed by atoms with Gasteiger partial charge in [0, 0.05) is 63.6 Å². The van der Waals surface area contributed by atoms with Crippen LogP contribution in [0.15, 0.2) is 30.3 Å². The first-order valence-electron chi connectivity index (χ1n) is 10.5. The molecule has 180 valence electrons. The quantitative estimate of drug-likeness (QED) is 0.708. The number of carbonyl (C=O) groups is 1. The average Bonchev–Trinajstić information content (AvgIpc) is 3.11. The molecule has 4 rings (SSSR count). The van der Waals surface area contributed by atoms with Gasteiger partial charge < -0.3 is 29.6 Å². The van der Waals surface area contributed by atoms with E-state index in [4.69, 9.17) is 9.57 Å². The first-order valence-corrected chi connectivity index (χ1v) is 10.5. The minimum Gasteiger partial charge on any atom is -0.492 e. The molecule has 2 aliphatic rings. The van der Waals surface area contributed by atoms with Gasteiger partial charge in [-0.1, -0.05) is 0 Å². The van der Waals surface area contributed by atoms with Crippen LogP contribution in [0.1, 0.15) is 11.1 Å². The number of anilines is 1. The molecule has 33 heavy (non-hydrogen) atoms. The average molecular weight is 470 g/mol. The molecule has 0 unspecified atom stereocenters. The van der Waals surface area contributed by atoms with Crippen LogP contribution >= 0.6 is 0 Å². The maximum absolute atomic E-state index is 13.3. The van der Waals surface area contributed by atoms with Gasteiger partial charge in [0.1, 0.15) is 0 Å². The minimum absolute atomic E-state index is 0.285. The maximum atomic E-state index is 13.3. The summed E-state index contributed by atoms with van der Waals surface area (Å²) in [5.74, 6) is -0.834. The van der Waals surface area contributed by atoms with Gasteiger partial charge in [-0.15, -0.1) is 4.73 Å². The van der Waals surface area contributed by atoms with Gasteiger partial charge in [-0.05, 0) is 23.8 Å². The van der Waals surface area contributed by atoms with Crippen LogP contribution in [-0.2, 0) is 17.5 Å². The number of benzene rings is 1. The molecule has 9 nitrogen and oxygen atoms in total. The Balaban J connectivity index is 1.42. The zero-order valence-corrected chi connectivity index (χ0v) is 17.8. The van der Waals surface area contributed by atoms with Gasteiger partial charge >= 0.3 is 12.3 Å². The Labute approximate surface area is 188 Å². The molecular weight excluding hydrogens is 445 g/mol. The number of nitrogens with zero attached hydrogens (tertiary/aromatic N) is 4. The van der Waals surface area contributed by atoms with E-state index < -0.39 is 29.6 Å². The van der Waals surface area contributed by atoms with E-state index in [1.807, 2.05) is 9.80 Å². The number of ether oxygens (including phenoxy) is 1. The third-order valence-electron chi connectivity index (χ3n) is 5.75. The van der Waals surface area contributed by atoms with Crippen molar-refractivity contribution < 1.29 is 37.8 Å². The molecule has 2 aromatic rings. The summed E-state index contributed by atoms with van der Waals surface area (Å²) in [5.41, 5.74) is 0.639. The number of hydrogen-bond acceptors (Lipinski definition) is 7. The van der Waals surface area contributed by atoms with Crippen molar-refractivity contribution in [2.45, 2.75) is 12.7 Å². The van der Waals surface area contributed by atoms with E-state index in [1.165, 1.54) is 29.2 Å². The van der Waals surface area contributed by atoms with Crippen LogP contribution in [0.5, 0.6) is 11.8 Å². The van der Waals surface area contributed by atoms with E-state index in [9.17, 15) is 28.2 Å². The molecule has 1 amide bonds. The number of aromatic nitrogens is 1. The first-order chi connectivity index (χ1) is 15.7. The summed E-state index contributed by atoms with van der Waals surface area (Å²) in [7, 11) is 0. The smallest absolute Gasteiger partial charge is 0.434 e. The van der Waals surface area contributed by atoms with Crippen molar-refractivity contribution in [1.29, 1.82) is 0 Å². The Morgan fingerprint density at radius 3 is 2.21 bits per heavy atom. The molecule has 0 spiro atoms. The molecule has 2 aliphatic heterocycles. The van der Waals surface area contributed by atoms with Crippen molar-refractivity contribution in [2.24, 2.45) is 0 Å². The van der Waals surface area contributed by atoms with Crippen LogP contribution in [-0.4, -0.2) is 83.3 Å². The lowest BCUT2D eigenvalue weighted by molar-refractivity contribution is -0.137. The summed E-state index contributed by atoms with van der Waals surface area (Å²) in [6.07, 6.45) is -5.18. The number of halogens is 3. The summed E-state index contributed by atoms with van der Waals surface area (Å²) in [4.78, 5) is 22.8. The predicted octanol–water partition coefficient (Wildman–Crippen LogP) is 2.12. The van der Waals surface area contributed by atoms with Crippen molar-refractivity contribution in [3.63, 3.8) is 0 Å². The Bertz CT molecular complexity index is 963. The third kappa shape index (κ3) is 5.28. The fraction of sp³-hybridized carbons (Fsp3) is 0.476. The Morgan fingerprint density at radius 1 is 0.970 bits per heavy atom. The predicted molar refractivity (Wildman–Crippen MR) is 111 cm³/mol. The largest absolute Gasteiger partial charge is 0.492 e. The summed E-state index contributed by atoms with van der Waals surface area (Å²) in [6.45, 7) is 3.99. The van der Waals surface area contributed by atoms with Gasteiger partial charge in [0.25, 0.3) is 0 Å². The first kappa shape index (κ1) is 23.1. The second-order valence-corrected chi connectivity index (χ2v) is 7.91. The molecule has 1 aromatic carbocycles. The molecule has 2 N–H and O–H groups in total. The van der Waals surface area contributed by atoms with Crippen LogP contribution in [0.3, 0.4) is 0 Å². The molecule has 0 bridgehead atoms. The number of carbonyl (C=O) groups excluding carboxylic acids is 1. The van der Waals surface area contributed by atoms with Gasteiger partial charge in [0.2, 0.25) is 11.8 Å².